The van der Waals surface area contributed by atoms with Crippen LogP contribution in [0.3, 0.4) is 0 Å². The number of thiophene rings is 1. The Hall–Kier alpha value is -0.770. The van der Waals surface area contributed by atoms with E-state index in [1.807, 2.05) is 0 Å². The van der Waals surface area contributed by atoms with Crippen LogP contribution >= 0.6 is 23.1 Å². The van der Waals surface area contributed by atoms with Crippen LogP contribution in [0.1, 0.15) is 21.4 Å². The molecule has 0 aliphatic rings. The zero-order valence-electron chi connectivity index (χ0n) is 9.44. The Morgan fingerprint density at radius 2 is 1.94 bits per heavy atom. The fourth-order valence-corrected chi connectivity index (χ4v) is 3.24. The summed E-state index contributed by atoms with van der Waals surface area (Å²) in [4.78, 5) is 3.81. The van der Waals surface area contributed by atoms with Gasteiger partial charge in [0.1, 0.15) is 0 Å². The first-order valence-electron chi connectivity index (χ1n) is 5.17. The first-order chi connectivity index (χ1) is 7.72. The normalized spacial score (nSPS) is 12.7. The molecular weight excluding hydrogens is 234 g/mol. The van der Waals surface area contributed by atoms with E-state index in [2.05, 4.69) is 49.6 Å². The summed E-state index contributed by atoms with van der Waals surface area (Å²) in [6.07, 6.45) is 2.09. The van der Waals surface area contributed by atoms with Gasteiger partial charge in [0, 0.05) is 14.6 Å². The molecule has 2 rings (SSSR count). The highest BCUT2D eigenvalue weighted by Crippen LogP contribution is 2.31. The van der Waals surface area contributed by atoms with Crippen molar-refractivity contribution in [3.8, 4) is 0 Å². The molecule has 2 N–H and O–H groups in total. The molecule has 2 aromatic rings. The van der Waals surface area contributed by atoms with E-state index in [1.165, 1.54) is 20.2 Å². The average molecular weight is 249 g/mol. The molecule has 3 heteroatoms. The molecule has 0 aliphatic carbocycles. The molecule has 0 saturated heterocycles. The lowest BCUT2D eigenvalue weighted by Crippen LogP contribution is -2.11. The van der Waals surface area contributed by atoms with Gasteiger partial charge in [-0.05, 0) is 36.9 Å². The van der Waals surface area contributed by atoms with Gasteiger partial charge in [0.05, 0.1) is 6.04 Å². The van der Waals surface area contributed by atoms with Crippen LogP contribution in [0.4, 0.5) is 0 Å². The van der Waals surface area contributed by atoms with Gasteiger partial charge in [0.25, 0.3) is 0 Å². The van der Waals surface area contributed by atoms with E-state index in [4.69, 9.17) is 5.73 Å². The van der Waals surface area contributed by atoms with Crippen molar-refractivity contribution in [2.24, 2.45) is 5.73 Å². The summed E-state index contributed by atoms with van der Waals surface area (Å²) in [5.74, 6) is 0. The quantitative estimate of drug-likeness (QED) is 0.837. The number of hydrogen-bond donors (Lipinski definition) is 1. The molecule has 1 nitrogen and oxygen atoms in total. The Kier molecular flexibility index (Phi) is 3.69. The van der Waals surface area contributed by atoms with Crippen LogP contribution in [0.25, 0.3) is 0 Å². The maximum atomic E-state index is 6.30. The number of hydrogen-bond acceptors (Lipinski definition) is 3. The molecule has 1 atom stereocenters. The molecule has 0 spiro atoms. The van der Waals surface area contributed by atoms with Gasteiger partial charge in [-0.15, -0.1) is 23.1 Å². The molecule has 16 heavy (non-hydrogen) atoms. The van der Waals surface area contributed by atoms with Crippen LogP contribution < -0.4 is 5.73 Å². The lowest BCUT2D eigenvalue weighted by atomic mass is 10.1. The van der Waals surface area contributed by atoms with Gasteiger partial charge in [0.15, 0.2) is 0 Å². The predicted octanol–water partition coefficient (Wildman–Crippen LogP) is 3.83. The van der Waals surface area contributed by atoms with Gasteiger partial charge >= 0.3 is 0 Å². The summed E-state index contributed by atoms with van der Waals surface area (Å²) in [7, 11) is 0. The molecule has 84 valence electrons. The molecule has 0 radical (unpaired) electrons. The largest absolute Gasteiger partial charge is 0.320 e. The van der Waals surface area contributed by atoms with E-state index in [9.17, 15) is 0 Å². The fraction of sp³-hybridized carbons (Fsp3) is 0.231. The Bertz CT molecular complexity index is 476. The van der Waals surface area contributed by atoms with Crippen molar-refractivity contribution >= 4 is 23.1 Å². The van der Waals surface area contributed by atoms with E-state index in [0.29, 0.717) is 0 Å². The topological polar surface area (TPSA) is 26.0 Å². The minimum atomic E-state index is 0.00218. The van der Waals surface area contributed by atoms with E-state index >= 15 is 0 Å². The second-order valence-corrected chi connectivity index (χ2v) is 5.84. The van der Waals surface area contributed by atoms with Gasteiger partial charge in [-0.2, -0.15) is 0 Å². The fourth-order valence-electron chi connectivity index (χ4n) is 1.70. The predicted molar refractivity (Wildman–Crippen MR) is 73.3 cm³/mol. The van der Waals surface area contributed by atoms with E-state index in [-0.39, 0.29) is 6.04 Å². The zero-order chi connectivity index (χ0) is 11.5. The molecule has 1 aromatic carbocycles. The average Bonchev–Trinajstić information content (AvgIpc) is 2.75. The summed E-state index contributed by atoms with van der Waals surface area (Å²) in [5, 5.41) is 0. The maximum absolute atomic E-state index is 6.30. The van der Waals surface area contributed by atoms with Crippen molar-refractivity contribution < 1.29 is 0 Å². The van der Waals surface area contributed by atoms with Crippen LogP contribution in [-0.2, 0) is 0 Å². The van der Waals surface area contributed by atoms with Gasteiger partial charge in [-0.25, -0.2) is 0 Å². The minimum Gasteiger partial charge on any atom is -0.320 e. The number of benzene rings is 1. The first kappa shape index (κ1) is 11.7. The zero-order valence-corrected chi connectivity index (χ0v) is 11.1. The summed E-state index contributed by atoms with van der Waals surface area (Å²) in [6.45, 7) is 2.11. The molecule has 1 unspecified atom stereocenters. The number of nitrogens with two attached hydrogens (primary N) is 1. The van der Waals surface area contributed by atoms with E-state index < -0.39 is 0 Å². The van der Waals surface area contributed by atoms with Crippen molar-refractivity contribution in [3.05, 3.63) is 51.7 Å². The Morgan fingerprint density at radius 3 is 2.56 bits per heavy atom. The molecular formula is C13H15NS2. The minimum absolute atomic E-state index is 0.00218. The van der Waals surface area contributed by atoms with Crippen molar-refractivity contribution in [3.63, 3.8) is 0 Å². The van der Waals surface area contributed by atoms with E-state index in [0.717, 1.165) is 0 Å². The van der Waals surface area contributed by atoms with Crippen LogP contribution in [0.2, 0.25) is 0 Å². The van der Waals surface area contributed by atoms with Gasteiger partial charge in [0.2, 0.25) is 0 Å². The monoisotopic (exact) mass is 249 g/mol. The second kappa shape index (κ2) is 5.04. The highest BCUT2D eigenvalue weighted by atomic mass is 32.2. The molecule has 0 saturated carbocycles. The first-order valence-corrected chi connectivity index (χ1v) is 7.21. The van der Waals surface area contributed by atoms with Crippen LogP contribution in [0.5, 0.6) is 0 Å². The summed E-state index contributed by atoms with van der Waals surface area (Å²) < 4.78 is 0. The van der Waals surface area contributed by atoms with Crippen LogP contribution in [-0.4, -0.2) is 6.26 Å². The highest BCUT2D eigenvalue weighted by Gasteiger charge is 2.13. The molecule has 0 aliphatic heterocycles. The number of aryl methyl sites for hydroxylation is 1. The lowest BCUT2D eigenvalue weighted by Gasteiger charge is -2.13. The number of thioether (sulfide) groups is 1. The Labute approximate surface area is 105 Å². The lowest BCUT2D eigenvalue weighted by molar-refractivity contribution is 0.868. The Balaban J connectivity index is 2.36. The third-order valence-corrected chi connectivity index (χ3v) is 4.44. The summed E-state index contributed by atoms with van der Waals surface area (Å²) >= 11 is 3.53. The molecule has 0 fully saturated rings. The van der Waals surface area contributed by atoms with Crippen molar-refractivity contribution in [2.45, 2.75) is 17.9 Å². The van der Waals surface area contributed by atoms with Crippen LogP contribution in [0, 0.1) is 6.92 Å². The van der Waals surface area contributed by atoms with Crippen molar-refractivity contribution in [1.29, 1.82) is 0 Å². The maximum Gasteiger partial charge on any atom is 0.0657 e. The smallest absolute Gasteiger partial charge is 0.0657 e. The third-order valence-electron chi connectivity index (χ3n) is 2.54. The van der Waals surface area contributed by atoms with Crippen molar-refractivity contribution in [2.75, 3.05) is 6.26 Å². The summed E-state index contributed by atoms with van der Waals surface area (Å²) in [5.41, 5.74) is 7.52. The van der Waals surface area contributed by atoms with Gasteiger partial charge in [-0.3, -0.25) is 0 Å². The SMILES string of the molecule is CSc1ccccc1C(N)c1ccc(C)s1. The van der Waals surface area contributed by atoms with Gasteiger partial charge in [-0.1, -0.05) is 18.2 Å². The molecule has 0 amide bonds. The van der Waals surface area contributed by atoms with Gasteiger partial charge < -0.3 is 5.73 Å². The molecule has 0 bridgehead atoms. The van der Waals surface area contributed by atoms with Crippen LogP contribution in [0.15, 0.2) is 41.3 Å². The Morgan fingerprint density at radius 1 is 1.19 bits per heavy atom. The standard InChI is InChI=1S/C13H15NS2/c1-9-7-8-12(16-9)13(14)10-5-3-4-6-11(10)15-2/h3-8,13H,14H2,1-2H3. The van der Waals surface area contributed by atoms with E-state index in [1.54, 1.807) is 23.1 Å². The van der Waals surface area contributed by atoms with Crippen molar-refractivity contribution in [1.82, 2.24) is 0 Å². The molecule has 1 heterocycles. The summed E-state index contributed by atoms with van der Waals surface area (Å²) in [6, 6.07) is 12.6. The second-order valence-electron chi connectivity index (χ2n) is 3.67. The highest BCUT2D eigenvalue weighted by molar-refractivity contribution is 7.98. The number of rotatable bonds is 3. The molecule has 1 aromatic heterocycles. The third kappa shape index (κ3) is 2.32.